The Hall–Kier alpha value is -5.61. The van der Waals surface area contributed by atoms with Gasteiger partial charge in [0, 0.05) is 47.8 Å². The summed E-state index contributed by atoms with van der Waals surface area (Å²) in [4.78, 5) is 9.61. The molecule has 1 aliphatic rings. The molecule has 4 nitrogen and oxygen atoms in total. The van der Waals surface area contributed by atoms with E-state index in [1.807, 2.05) is 12.3 Å². The second kappa shape index (κ2) is 12.8. The van der Waals surface area contributed by atoms with Gasteiger partial charge in [-0.25, -0.2) is 0 Å². The molecule has 7 aromatic rings. The lowest BCUT2D eigenvalue weighted by Gasteiger charge is -2.35. The summed E-state index contributed by atoms with van der Waals surface area (Å²) in [5.41, 5.74) is 12.7. The molecular weight excluding hydrogens is 645 g/mol. The third-order valence-corrected chi connectivity index (χ3v) is 11.2. The molecule has 1 atom stereocenters. The average molecular weight is 695 g/mol. The fourth-order valence-electron chi connectivity index (χ4n) is 7.99. The number of para-hydroxylation sites is 1. The first-order chi connectivity index (χ1) is 25.3. The largest absolute Gasteiger partial charge is 0.361 e. The number of aromatic nitrogens is 2. The van der Waals surface area contributed by atoms with Crippen molar-refractivity contribution in [2.45, 2.75) is 64.7 Å². The van der Waals surface area contributed by atoms with Crippen LogP contribution in [-0.2, 0) is 16.2 Å². The lowest BCUT2D eigenvalue weighted by molar-refractivity contribution is 0.496. The molecule has 0 aliphatic carbocycles. The summed E-state index contributed by atoms with van der Waals surface area (Å²) in [6.07, 6.45) is 6.22. The molecule has 0 fully saturated rings. The Kier molecular flexibility index (Phi) is 8.33. The number of fused-ring (bicyclic) bond motifs is 3. The molecule has 0 spiro atoms. The van der Waals surface area contributed by atoms with Crippen molar-refractivity contribution in [3.8, 4) is 16.8 Å². The Bertz CT molecular complexity index is 2470. The van der Waals surface area contributed by atoms with Gasteiger partial charge in [0.1, 0.15) is 0 Å². The van der Waals surface area contributed by atoms with E-state index in [9.17, 15) is 0 Å². The molecule has 0 saturated carbocycles. The predicted molar refractivity (Wildman–Crippen MR) is 224 cm³/mol. The Morgan fingerprint density at radius 2 is 1.26 bits per heavy atom. The van der Waals surface area contributed by atoms with Gasteiger partial charge >= 0.3 is 0 Å². The summed E-state index contributed by atoms with van der Waals surface area (Å²) in [5, 5.41) is 2.50. The SMILES string of the molecule is CN1C=CN(c2ccc3c4ccccc4n(-c4cccc([C@](C)(c5ccccn5)c5cc(C(C)(C)C)ccc5-c5ccc(C(C)(C)C)cc5)c4)c3c2)C1. The van der Waals surface area contributed by atoms with Crippen LogP contribution >= 0.6 is 0 Å². The Morgan fingerprint density at radius 1 is 0.547 bits per heavy atom. The van der Waals surface area contributed by atoms with Crippen LogP contribution in [-0.4, -0.2) is 28.2 Å². The van der Waals surface area contributed by atoms with E-state index in [4.69, 9.17) is 4.98 Å². The molecular formula is C49H50N4. The molecule has 0 radical (unpaired) electrons. The minimum atomic E-state index is -0.578. The molecule has 5 aromatic carbocycles. The Balaban J connectivity index is 1.37. The van der Waals surface area contributed by atoms with Crippen molar-refractivity contribution in [1.82, 2.24) is 14.5 Å². The lowest BCUT2D eigenvalue weighted by Crippen LogP contribution is -2.28. The van der Waals surface area contributed by atoms with Crippen molar-refractivity contribution in [2.24, 2.45) is 0 Å². The first-order valence-electron chi connectivity index (χ1n) is 18.8. The highest BCUT2D eigenvalue weighted by molar-refractivity contribution is 6.10. The molecule has 0 bridgehead atoms. The van der Waals surface area contributed by atoms with E-state index >= 15 is 0 Å². The van der Waals surface area contributed by atoms with Crippen molar-refractivity contribution in [3.05, 3.63) is 174 Å². The van der Waals surface area contributed by atoms with E-state index in [-0.39, 0.29) is 10.8 Å². The molecule has 3 heterocycles. The van der Waals surface area contributed by atoms with Gasteiger partial charge in [0.15, 0.2) is 0 Å². The summed E-state index contributed by atoms with van der Waals surface area (Å²) in [6, 6.07) is 47.4. The van der Waals surface area contributed by atoms with Crippen LogP contribution in [0.5, 0.6) is 0 Å². The minimum Gasteiger partial charge on any atom is -0.361 e. The maximum Gasteiger partial charge on any atom is 0.0938 e. The first kappa shape index (κ1) is 34.5. The number of benzene rings is 5. The van der Waals surface area contributed by atoms with Crippen molar-refractivity contribution >= 4 is 27.5 Å². The van der Waals surface area contributed by atoms with Gasteiger partial charge in [-0.3, -0.25) is 4.98 Å². The standard InChI is InChI=1S/C49H50N4/c1-47(2,3)35-21-19-34(20-22-35)40-25-23-36(48(4,5)6)31-43(40)49(7,46-18-11-12-27-50-46)37-14-13-15-39(30-37)53-44-17-10-9-16-41(44)42-26-24-38(32-45(42)53)52-29-28-51(8)33-52/h9-32H,33H2,1-8H3/t49-/m0/s1. The lowest BCUT2D eigenvalue weighted by atomic mass is 9.69. The number of hydrogen-bond donors (Lipinski definition) is 0. The molecule has 8 rings (SSSR count). The normalized spacial score (nSPS) is 14.7. The number of hydrogen-bond acceptors (Lipinski definition) is 3. The number of pyridine rings is 1. The third-order valence-electron chi connectivity index (χ3n) is 11.2. The van der Waals surface area contributed by atoms with Gasteiger partial charge in [0.2, 0.25) is 0 Å². The number of nitrogens with zero attached hydrogens (tertiary/aromatic N) is 4. The fraction of sp³-hybridized carbons (Fsp3) is 0.245. The zero-order chi connectivity index (χ0) is 37.1. The number of anilines is 1. The van der Waals surface area contributed by atoms with Crippen molar-refractivity contribution in [2.75, 3.05) is 18.6 Å². The van der Waals surface area contributed by atoms with Crippen LogP contribution in [0.4, 0.5) is 5.69 Å². The van der Waals surface area contributed by atoms with Crippen LogP contribution in [0.25, 0.3) is 38.6 Å². The first-order valence-corrected chi connectivity index (χ1v) is 18.8. The van der Waals surface area contributed by atoms with E-state index in [1.54, 1.807) is 0 Å². The van der Waals surface area contributed by atoms with Crippen molar-refractivity contribution < 1.29 is 0 Å². The van der Waals surface area contributed by atoms with Crippen LogP contribution in [0.1, 0.15) is 76.4 Å². The van der Waals surface area contributed by atoms with Crippen LogP contribution in [0.2, 0.25) is 0 Å². The van der Waals surface area contributed by atoms with Crippen LogP contribution < -0.4 is 4.90 Å². The molecule has 1 aliphatic heterocycles. The maximum atomic E-state index is 5.11. The van der Waals surface area contributed by atoms with Gasteiger partial charge in [0.05, 0.1) is 28.8 Å². The van der Waals surface area contributed by atoms with Gasteiger partial charge in [-0.2, -0.15) is 0 Å². The highest BCUT2D eigenvalue weighted by Gasteiger charge is 2.36. The summed E-state index contributed by atoms with van der Waals surface area (Å²) in [5.74, 6) is 0. The van der Waals surface area contributed by atoms with E-state index < -0.39 is 5.41 Å². The van der Waals surface area contributed by atoms with Gasteiger partial charge in [-0.05, 0) is 93.6 Å². The molecule has 4 heteroatoms. The Labute approximate surface area is 315 Å². The minimum absolute atomic E-state index is 0.0315. The predicted octanol–water partition coefficient (Wildman–Crippen LogP) is 12.0. The summed E-state index contributed by atoms with van der Waals surface area (Å²) >= 11 is 0. The molecule has 0 N–H and O–H groups in total. The van der Waals surface area contributed by atoms with Crippen molar-refractivity contribution in [3.63, 3.8) is 0 Å². The van der Waals surface area contributed by atoms with Crippen LogP contribution in [0.15, 0.2) is 146 Å². The molecule has 0 amide bonds. The van der Waals surface area contributed by atoms with Gasteiger partial charge in [-0.1, -0.05) is 126 Å². The van der Waals surface area contributed by atoms with E-state index in [0.717, 1.165) is 18.1 Å². The molecule has 2 aromatic heterocycles. The monoisotopic (exact) mass is 694 g/mol. The van der Waals surface area contributed by atoms with E-state index in [2.05, 4.69) is 204 Å². The summed E-state index contributed by atoms with van der Waals surface area (Å²) in [7, 11) is 2.11. The fourth-order valence-corrected chi connectivity index (χ4v) is 7.99. The molecule has 0 unspecified atom stereocenters. The van der Waals surface area contributed by atoms with Crippen LogP contribution in [0.3, 0.4) is 0 Å². The smallest absolute Gasteiger partial charge is 0.0938 e. The quantitative estimate of drug-likeness (QED) is 0.173. The van der Waals surface area contributed by atoms with Crippen molar-refractivity contribution in [1.29, 1.82) is 0 Å². The second-order valence-corrected chi connectivity index (χ2v) is 16.9. The highest BCUT2D eigenvalue weighted by atomic mass is 15.3. The van der Waals surface area contributed by atoms with Crippen LogP contribution in [0, 0.1) is 0 Å². The zero-order valence-electron chi connectivity index (χ0n) is 32.4. The topological polar surface area (TPSA) is 24.3 Å². The van der Waals surface area contributed by atoms with Gasteiger partial charge in [-0.15, -0.1) is 0 Å². The Morgan fingerprint density at radius 3 is 1.96 bits per heavy atom. The average Bonchev–Trinajstić information content (AvgIpc) is 3.74. The van der Waals surface area contributed by atoms with Gasteiger partial charge < -0.3 is 14.4 Å². The molecule has 266 valence electrons. The third kappa shape index (κ3) is 6.10. The molecule has 0 saturated heterocycles. The summed E-state index contributed by atoms with van der Waals surface area (Å²) in [6.45, 7) is 16.9. The number of rotatable bonds is 6. The van der Waals surface area contributed by atoms with E-state index in [1.165, 1.54) is 60.9 Å². The molecule has 53 heavy (non-hydrogen) atoms. The maximum absolute atomic E-state index is 5.11. The second-order valence-electron chi connectivity index (χ2n) is 16.9. The summed E-state index contributed by atoms with van der Waals surface area (Å²) < 4.78 is 2.44. The highest BCUT2D eigenvalue weighted by Crippen LogP contribution is 2.45. The zero-order valence-corrected chi connectivity index (χ0v) is 32.4. The van der Waals surface area contributed by atoms with E-state index in [0.29, 0.717) is 0 Å². The van der Waals surface area contributed by atoms with Gasteiger partial charge in [0.25, 0.3) is 0 Å².